The van der Waals surface area contributed by atoms with Crippen LogP contribution in [0.5, 0.6) is 23.0 Å². The van der Waals surface area contributed by atoms with Crippen molar-refractivity contribution in [3.8, 4) is 23.0 Å². The highest BCUT2D eigenvalue weighted by molar-refractivity contribution is 6.01. The molecular weight excluding hydrogens is 388 g/mol. The molecule has 3 aromatic carbocycles. The topological polar surface area (TPSA) is 106 Å². The van der Waals surface area contributed by atoms with Gasteiger partial charge in [-0.15, -0.1) is 0 Å². The number of carbonyl (C=O) groups is 2. The second-order valence-electron chi connectivity index (χ2n) is 6.26. The number of rotatable bonds is 6. The standard InChI is InChI=1S/C22H20N2O6/c1-13(25)30-21-19(28-2)8-14(9-20(21)29-3)12-23-24-22(27)17-10-15-6-4-5-7-16(15)11-18(17)26/h4-12,26H,1-3H3,(H,24,27)/b23-12-. The summed E-state index contributed by atoms with van der Waals surface area (Å²) in [6.07, 6.45) is 1.37. The largest absolute Gasteiger partial charge is 0.507 e. The summed E-state index contributed by atoms with van der Waals surface area (Å²) in [6.45, 7) is 1.27. The monoisotopic (exact) mass is 408 g/mol. The minimum atomic E-state index is -0.565. The van der Waals surface area contributed by atoms with Crippen molar-refractivity contribution in [1.29, 1.82) is 0 Å². The maximum atomic E-state index is 12.4. The number of carbonyl (C=O) groups excluding carboxylic acids is 2. The third kappa shape index (κ3) is 4.49. The number of esters is 1. The van der Waals surface area contributed by atoms with E-state index in [1.165, 1.54) is 33.4 Å². The Hall–Kier alpha value is -4.07. The second-order valence-corrected chi connectivity index (χ2v) is 6.26. The maximum absolute atomic E-state index is 12.4. The van der Waals surface area contributed by atoms with Crippen LogP contribution < -0.4 is 19.6 Å². The number of benzene rings is 3. The Morgan fingerprint density at radius 2 is 1.60 bits per heavy atom. The quantitative estimate of drug-likeness (QED) is 0.281. The van der Waals surface area contributed by atoms with Gasteiger partial charge < -0.3 is 19.3 Å². The van der Waals surface area contributed by atoms with Crippen molar-refractivity contribution in [3.63, 3.8) is 0 Å². The fourth-order valence-corrected chi connectivity index (χ4v) is 2.85. The molecule has 8 heteroatoms. The van der Waals surface area contributed by atoms with E-state index in [0.29, 0.717) is 5.56 Å². The Bertz CT molecular complexity index is 1110. The number of fused-ring (bicyclic) bond motifs is 1. The average Bonchev–Trinajstić information content (AvgIpc) is 2.73. The van der Waals surface area contributed by atoms with Gasteiger partial charge in [0.25, 0.3) is 5.91 Å². The first-order valence-electron chi connectivity index (χ1n) is 8.92. The normalized spacial score (nSPS) is 10.8. The van der Waals surface area contributed by atoms with E-state index in [1.54, 1.807) is 18.2 Å². The first-order chi connectivity index (χ1) is 14.4. The smallest absolute Gasteiger partial charge is 0.308 e. The van der Waals surface area contributed by atoms with Gasteiger partial charge in [0, 0.05) is 12.5 Å². The number of phenolic OH excluding ortho intramolecular Hbond substituents is 1. The van der Waals surface area contributed by atoms with Crippen LogP contribution in [0.3, 0.4) is 0 Å². The molecule has 3 aromatic rings. The molecule has 154 valence electrons. The third-order valence-corrected chi connectivity index (χ3v) is 4.22. The number of hydrazone groups is 1. The van der Waals surface area contributed by atoms with E-state index in [-0.39, 0.29) is 28.6 Å². The number of nitrogens with zero attached hydrogens (tertiary/aromatic N) is 1. The lowest BCUT2D eigenvalue weighted by atomic mass is 10.1. The number of methoxy groups -OCH3 is 2. The highest BCUT2D eigenvalue weighted by Crippen LogP contribution is 2.38. The molecule has 0 aromatic heterocycles. The van der Waals surface area contributed by atoms with Gasteiger partial charge in [-0.2, -0.15) is 5.10 Å². The molecule has 0 radical (unpaired) electrons. The van der Waals surface area contributed by atoms with Gasteiger partial charge in [-0.3, -0.25) is 9.59 Å². The van der Waals surface area contributed by atoms with E-state index >= 15 is 0 Å². The molecule has 0 aliphatic rings. The predicted molar refractivity (Wildman–Crippen MR) is 112 cm³/mol. The zero-order chi connectivity index (χ0) is 21.7. The molecule has 0 saturated heterocycles. The molecule has 8 nitrogen and oxygen atoms in total. The van der Waals surface area contributed by atoms with Crippen LogP contribution in [-0.4, -0.2) is 37.4 Å². The molecular formula is C22H20N2O6. The zero-order valence-electron chi connectivity index (χ0n) is 16.6. The SMILES string of the molecule is COc1cc(/C=N\NC(=O)c2cc3ccccc3cc2O)cc(OC)c1OC(C)=O. The summed E-state index contributed by atoms with van der Waals surface area (Å²) >= 11 is 0. The second kappa shape index (κ2) is 8.95. The van der Waals surface area contributed by atoms with Gasteiger partial charge in [0.2, 0.25) is 5.75 Å². The number of ether oxygens (including phenoxy) is 3. The van der Waals surface area contributed by atoms with Crippen LogP contribution >= 0.6 is 0 Å². The lowest BCUT2D eigenvalue weighted by Crippen LogP contribution is -2.17. The van der Waals surface area contributed by atoms with Gasteiger partial charge in [-0.05, 0) is 35.0 Å². The van der Waals surface area contributed by atoms with Crippen LogP contribution in [0, 0.1) is 0 Å². The number of hydrogen-bond donors (Lipinski definition) is 2. The molecule has 3 rings (SSSR count). The fraction of sp³-hybridized carbons (Fsp3) is 0.136. The Morgan fingerprint density at radius 1 is 1.00 bits per heavy atom. The highest BCUT2D eigenvalue weighted by Gasteiger charge is 2.16. The van der Waals surface area contributed by atoms with Crippen LogP contribution in [0.4, 0.5) is 0 Å². The minimum Gasteiger partial charge on any atom is -0.507 e. The van der Waals surface area contributed by atoms with Crippen molar-refractivity contribution in [2.75, 3.05) is 14.2 Å². The fourth-order valence-electron chi connectivity index (χ4n) is 2.85. The molecule has 0 aliphatic carbocycles. The average molecular weight is 408 g/mol. The van der Waals surface area contributed by atoms with Crippen molar-refractivity contribution < 1.29 is 28.9 Å². The van der Waals surface area contributed by atoms with E-state index in [9.17, 15) is 14.7 Å². The van der Waals surface area contributed by atoms with Gasteiger partial charge in [0.05, 0.1) is 26.0 Å². The van der Waals surface area contributed by atoms with Gasteiger partial charge in [-0.25, -0.2) is 5.43 Å². The van der Waals surface area contributed by atoms with Gasteiger partial charge in [-0.1, -0.05) is 24.3 Å². The van der Waals surface area contributed by atoms with Crippen LogP contribution in [-0.2, 0) is 4.79 Å². The Morgan fingerprint density at radius 3 is 2.17 bits per heavy atom. The van der Waals surface area contributed by atoms with Crippen molar-refractivity contribution in [3.05, 3.63) is 59.7 Å². The van der Waals surface area contributed by atoms with E-state index in [1.807, 2.05) is 24.3 Å². The molecule has 0 heterocycles. The van der Waals surface area contributed by atoms with Gasteiger partial charge in [0.1, 0.15) is 5.75 Å². The summed E-state index contributed by atoms with van der Waals surface area (Å²) in [7, 11) is 2.85. The molecule has 30 heavy (non-hydrogen) atoms. The lowest BCUT2D eigenvalue weighted by molar-refractivity contribution is -0.132. The predicted octanol–water partition coefficient (Wildman–Crippen LogP) is 3.25. The molecule has 2 N–H and O–H groups in total. The molecule has 0 atom stereocenters. The lowest BCUT2D eigenvalue weighted by Gasteiger charge is -2.13. The number of amides is 1. The summed E-state index contributed by atoms with van der Waals surface area (Å²) in [4.78, 5) is 23.7. The van der Waals surface area contributed by atoms with Crippen molar-refractivity contribution in [2.45, 2.75) is 6.92 Å². The Labute approximate surface area is 172 Å². The Balaban J connectivity index is 1.82. The number of hydrogen-bond acceptors (Lipinski definition) is 7. The first-order valence-corrected chi connectivity index (χ1v) is 8.92. The molecule has 1 amide bonds. The minimum absolute atomic E-state index is 0.103. The summed E-state index contributed by atoms with van der Waals surface area (Å²) in [5.74, 6) is -0.542. The maximum Gasteiger partial charge on any atom is 0.308 e. The van der Waals surface area contributed by atoms with Crippen LogP contribution in [0.15, 0.2) is 53.6 Å². The van der Waals surface area contributed by atoms with Crippen LogP contribution in [0.25, 0.3) is 10.8 Å². The molecule has 0 unspecified atom stereocenters. The summed E-state index contributed by atoms with van der Waals surface area (Å²) in [6, 6.07) is 13.6. The number of aromatic hydroxyl groups is 1. The zero-order valence-corrected chi connectivity index (χ0v) is 16.6. The molecule has 0 bridgehead atoms. The van der Waals surface area contributed by atoms with E-state index < -0.39 is 11.9 Å². The summed E-state index contributed by atoms with van der Waals surface area (Å²) in [5, 5.41) is 15.7. The van der Waals surface area contributed by atoms with Crippen LogP contribution in [0.2, 0.25) is 0 Å². The summed E-state index contributed by atoms with van der Waals surface area (Å²) < 4.78 is 15.6. The van der Waals surface area contributed by atoms with E-state index in [2.05, 4.69) is 10.5 Å². The van der Waals surface area contributed by atoms with Crippen molar-refractivity contribution >= 4 is 28.9 Å². The molecule has 0 aliphatic heterocycles. The summed E-state index contributed by atoms with van der Waals surface area (Å²) in [5.41, 5.74) is 3.01. The highest BCUT2D eigenvalue weighted by atomic mass is 16.6. The van der Waals surface area contributed by atoms with Crippen molar-refractivity contribution in [1.82, 2.24) is 5.43 Å². The Kier molecular flexibility index (Phi) is 6.17. The third-order valence-electron chi connectivity index (χ3n) is 4.22. The molecule has 0 spiro atoms. The van der Waals surface area contributed by atoms with E-state index in [0.717, 1.165) is 10.8 Å². The van der Waals surface area contributed by atoms with E-state index in [4.69, 9.17) is 14.2 Å². The van der Waals surface area contributed by atoms with Crippen molar-refractivity contribution in [2.24, 2.45) is 5.10 Å². The molecule has 0 saturated carbocycles. The number of phenols is 1. The van der Waals surface area contributed by atoms with Gasteiger partial charge in [0.15, 0.2) is 11.5 Å². The van der Waals surface area contributed by atoms with Gasteiger partial charge >= 0.3 is 5.97 Å². The number of nitrogens with one attached hydrogen (secondary N) is 1. The molecule has 0 fully saturated rings. The first kappa shape index (κ1) is 20.7. The van der Waals surface area contributed by atoms with Crippen LogP contribution in [0.1, 0.15) is 22.8 Å².